The lowest BCUT2D eigenvalue weighted by Gasteiger charge is -2.19. The third kappa shape index (κ3) is 31.4. The summed E-state index contributed by atoms with van der Waals surface area (Å²) in [5.74, 6) is 1.41. The molecule has 348 valence electrons. The number of ether oxygens (including phenoxy) is 2. The second kappa shape index (κ2) is 37.5. The van der Waals surface area contributed by atoms with Gasteiger partial charge in [0.05, 0.1) is 19.3 Å². The number of aliphatic hydroxyl groups excluding tert-OH is 1. The molecule has 1 aromatic heterocycles. The van der Waals surface area contributed by atoms with E-state index in [1.54, 1.807) is 6.08 Å². The van der Waals surface area contributed by atoms with Gasteiger partial charge in [-0.15, -0.1) is 0 Å². The van der Waals surface area contributed by atoms with Gasteiger partial charge >= 0.3 is 19.8 Å². The SMILES string of the molecule is CC/C=C\C/C=C\CC(O)/C=C/C=C\C/C=C\CCCC(=O)O[C@H](COC(=O)CCCCCCCCCCCCc1oc(CCCCC)c(C)c1C)COP(=O)(O)OCCN. The molecule has 0 aliphatic carbocycles. The molecule has 2 unspecified atom stereocenters. The fourth-order valence-corrected chi connectivity index (χ4v) is 7.23. The van der Waals surface area contributed by atoms with Gasteiger partial charge in [0.25, 0.3) is 0 Å². The maximum Gasteiger partial charge on any atom is 0.472 e. The number of nitrogens with two attached hydrogens (primary N) is 1. The Hall–Kier alpha value is -3.05. The van der Waals surface area contributed by atoms with Gasteiger partial charge in [-0.25, -0.2) is 4.57 Å². The number of furan rings is 1. The van der Waals surface area contributed by atoms with Crippen molar-refractivity contribution in [1.29, 1.82) is 0 Å². The van der Waals surface area contributed by atoms with Crippen LogP contribution in [0.25, 0.3) is 0 Å². The Morgan fingerprint density at radius 1 is 0.705 bits per heavy atom. The third-order valence-electron chi connectivity index (χ3n) is 10.2. The lowest BCUT2D eigenvalue weighted by Crippen LogP contribution is -2.29. The smallest absolute Gasteiger partial charge is 0.466 e. The molecule has 0 spiro atoms. The monoisotopic (exact) mass is 876 g/mol. The number of esters is 2. The predicted molar refractivity (Wildman–Crippen MR) is 247 cm³/mol. The van der Waals surface area contributed by atoms with E-state index in [0.717, 1.165) is 44.9 Å². The molecule has 0 aliphatic heterocycles. The van der Waals surface area contributed by atoms with E-state index in [1.165, 1.54) is 80.4 Å². The van der Waals surface area contributed by atoms with Crippen molar-refractivity contribution in [3.8, 4) is 0 Å². The first-order valence-electron chi connectivity index (χ1n) is 23.2. The number of hydrogen-bond acceptors (Lipinski definition) is 10. The normalized spacial score (nSPS) is 14.3. The van der Waals surface area contributed by atoms with Crippen LogP contribution in [0.15, 0.2) is 65.2 Å². The minimum absolute atomic E-state index is 0.0267. The highest BCUT2D eigenvalue weighted by atomic mass is 31.2. The van der Waals surface area contributed by atoms with Gasteiger partial charge in [0, 0.05) is 32.2 Å². The van der Waals surface area contributed by atoms with Crippen molar-refractivity contribution >= 4 is 19.8 Å². The van der Waals surface area contributed by atoms with Crippen LogP contribution < -0.4 is 5.73 Å². The van der Waals surface area contributed by atoms with Gasteiger partial charge in [0.1, 0.15) is 18.1 Å². The number of carbonyl (C=O) groups is 2. The largest absolute Gasteiger partial charge is 0.472 e. The fraction of sp³-hybridized carbons (Fsp3) is 0.673. The number of hydrogen-bond donors (Lipinski definition) is 3. The maximum atomic E-state index is 12.6. The molecule has 3 atom stereocenters. The molecule has 4 N–H and O–H groups in total. The minimum Gasteiger partial charge on any atom is -0.466 e. The van der Waals surface area contributed by atoms with Crippen molar-refractivity contribution in [1.82, 2.24) is 0 Å². The molecule has 61 heavy (non-hydrogen) atoms. The van der Waals surface area contributed by atoms with Crippen LogP contribution in [0.2, 0.25) is 0 Å². The molecule has 0 saturated carbocycles. The number of phosphoric ester groups is 1. The molecular weight excluding hydrogens is 794 g/mol. The summed E-state index contributed by atoms with van der Waals surface area (Å²) in [5, 5.41) is 10.0. The summed E-state index contributed by atoms with van der Waals surface area (Å²) in [6, 6.07) is 0. The van der Waals surface area contributed by atoms with Gasteiger partial charge in [-0.2, -0.15) is 0 Å². The lowest BCUT2D eigenvalue weighted by molar-refractivity contribution is -0.161. The highest BCUT2D eigenvalue weighted by Gasteiger charge is 2.26. The first kappa shape index (κ1) is 56.0. The second-order valence-electron chi connectivity index (χ2n) is 15.7. The van der Waals surface area contributed by atoms with Crippen LogP contribution >= 0.6 is 7.82 Å². The number of phosphoric acid groups is 1. The summed E-state index contributed by atoms with van der Waals surface area (Å²) in [6.07, 6.45) is 39.6. The average Bonchev–Trinajstić information content (AvgIpc) is 3.51. The zero-order valence-corrected chi connectivity index (χ0v) is 39.1. The van der Waals surface area contributed by atoms with E-state index >= 15 is 0 Å². The zero-order chi connectivity index (χ0) is 44.8. The molecule has 0 fully saturated rings. The van der Waals surface area contributed by atoms with Crippen molar-refractivity contribution in [3.05, 3.63) is 83.4 Å². The molecule has 0 saturated heterocycles. The number of aryl methyl sites for hydroxylation is 2. The Labute approximate surface area is 368 Å². The summed E-state index contributed by atoms with van der Waals surface area (Å²) < 4.78 is 39.0. The molecule has 11 nitrogen and oxygen atoms in total. The molecule has 0 radical (unpaired) electrons. The number of allylic oxidation sites excluding steroid dienone is 8. The van der Waals surface area contributed by atoms with E-state index in [1.807, 2.05) is 42.5 Å². The van der Waals surface area contributed by atoms with E-state index in [-0.39, 0.29) is 32.6 Å². The summed E-state index contributed by atoms with van der Waals surface area (Å²) >= 11 is 0. The van der Waals surface area contributed by atoms with Gasteiger partial charge in [-0.1, -0.05) is 139 Å². The molecule has 0 aliphatic rings. The number of rotatable bonds is 39. The first-order chi connectivity index (χ1) is 29.5. The Morgan fingerprint density at radius 3 is 1.95 bits per heavy atom. The molecule has 1 heterocycles. The Bertz CT molecular complexity index is 1480. The van der Waals surface area contributed by atoms with Crippen molar-refractivity contribution in [2.24, 2.45) is 5.73 Å². The maximum absolute atomic E-state index is 12.6. The Balaban J connectivity index is 2.28. The molecule has 12 heteroatoms. The van der Waals surface area contributed by atoms with Gasteiger partial charge < -0.3 is 29.6 Å². The van der Waals surface area contributed by atoms with Crippen LogP contribution in [0.1, 0.15) is 171 Å². The summed E-state index contributed by atoms with van der Waals surface area (Å²) in [6.45, 7) is 7.78. The minimum atomic E-state index is -4.42. The second-order valence-corrected chi connectivity index (χ2v) is 17.1. The van der Waals surface area contributed by atoms with E-state index in [2.05, 4.69) is 39.8 Å². The summed E-state index contributed by atoms with van der Waals surface area (Å²) in [4.78, 5) is 35.0. The number of carbonyl (C=O) groups excluding carboxylic acids is 2. The Kier molecular flexibility index (Phi) is 34.4. The van der Waals surface area contributed by atoms with Crippen LogP contribution in [0.5, 0.6) is 0 Å². The lowest BCUT2D eigenvalue weighted by atomic mass is 10.0. The molecular formula is C49H82NO10P. The van der Waals surface area contributed by atoms with Crippen LogP contribution in [-0.2, 0) is 45.5 Å². The van der Waals surface area contributed by atoms with E-state index in [0.29, 0.717) is 32.1 Å². The number of aliphatic hydroxyl groups is 1. The molecule has 0 amide bonds. The average molecular weight is 876 g/mol. The van der Waals surface area contributed by atoms with E-state index in [4.69, 9.17) is 28.7 Å². The van der Waals surface area contributed by atoms with Crippen LogP contribution in [0.3, 0.4) is 0 Å². The third-order valence-corrected chi connectivity index (χ3v) is 11.2. The van der Waals surface area contributed by atoms with Gasteiger partial charge in [0.2, 0.25) is 0 Å². The number of unbranched alkanes of at least 4 members (excludes halogenated alkanes) is 12. The summed E-state index contributed by atoms with van der Waals surface area (Å²) in [5.41, 5.74) is 8.03. The zero-order valence-electron chi connectivity index (χ0n) is 38.2. The van der Waals surface area contributed by atoms with Gasteiger partial charge in [-0.3, -0.25) is 18.6 Å². The van der Waals surface area contributed by atoms with Crippen LogP contribution in [0.4, 0.5) is 0 Å². The first-order valence-corrected chi connectivity index (χ1v) is 24.7. The standard InChI is InChI=1S/C49H82NO10P/c1-5-7-9-10-21-27-32-44(51)33-28-22-17-15-16-20-25-31-37-49(53)59-45(41-58-61(54,55)57-39-38-50)40-56-48(52)36-30-24-19-14-12-11-13-18-23-29-35-47-43(4)42(3)46(60-47)34-26-8-6-2/h7,9,16-17,20-22,27-28,33,44-45,51H,5-6,8,10-15,18-19,23-26,29-32,34-41,50H2,1-4H3,(H,54,55)/b9-7-,20-16-,22-17-,27-21-,33-28+/t44?,45-/m1/s1. The van der Waals surface area contributed by atoms with Gasteiger partial charge in [-0.05, 0) is 82.8 Å². The molecule has 0 aromatic carbocycles. The van der Waals surface area contributed by atoms with Crippen molar-refractivity contribution < 1.29 is 47.1 Å². The van der Waals surface area contributed by atoms with Crippen LogP contribution in [-0.4, -0.2) is 60.5 Å². The molecule has 1 rings (SSSR count). The van der Waals surface area contributed by atoms with Crippen molar-refractivity contribution in [3.63, 3.8) is 0 Å². The van der Waals surface area contributed by atoms with Crippen molar-refractivity contribution in [2.75, 3.05) is 26.4 Å². The van der Waals surface area contributed by atoms with E-state index < -0.39 is 38.6 Å². The Morgan fingerprint density at radius 2 is 1.30 bits per heavy atom. The van der Waals surface area contributed by atoms with Crippen molar-refractivity contribution in [2.45, 2.75) is 188 Å². The highest BCUT2D eigenvalue weighted by molar-refractivity contribution is 7.47. The quantitative estimate of drug-likeness (QED) is 0.0189. The topological polar surface area (TPSA) is 168 Å². The highest BCUT2D eigenvalue weighted by Crippen LogP contribution is 2.43. The predicted octanol–water partition coefficient (Wildman–Crippen LogP) is 11.9. The van der Waals surface area contributed by atoms with E-state index in [9.17, 15) is 24.2 Å². The van der Waals surface area contributed by atoms with Crippen LogP contribution in [0, 0.1) is 13.8 Å². The van der Waals surface area contributed by atoms with Gasteiger partial charge in [0.15, 0.2) is 6.10 Å². The fourth-order valence-electron chi connectivity index (χ4n) is 6.46. The molecule has 0 bridgehead atoms. The summed E-state index contributed by atoms with van der Waals surface area (Å²) in [7, 11) is -4.42. The molecule has 1 aromatic rings.